The first-order valence-electron chi connectivity index (χ1n) is 8.30. The van der Waals surface area contributed by atoms with Crippen molar-refractivity contribution in [3.63, 3.8) is 0 Å². The van der Waals surface area contributed by atoms with Crippen molar-refractivity contribution < 1.29 is 39.5 Å². The van der Waals surface area contributed by atoms with Gasteiger partial charge in [-0.25, -0.2) is 14.6 Å². The number of carboxylic acids is 2. The standard InChI is InChI=1S/C15H18ClN5O8/c1-15(12(24)25,13(26)27)28-3-5-7(22)8(23)11(29-5)21-4-18-6-9(17-2)19-14(16)20-10(6)21/h4-5,7-8,11,22-23H,3H2,1-2H3,(H,24,25)(H,26,27)(H,17,19,20)/t5-,7-,8-,11-/m1/s1. The molecule has 0 bridgehead atoms. The van der Waals surface area contributed by atoms with E-state index in [4.69, 9.17) is 31.3 Å². The molecule has 13 nitrogen and oxygen atoms in total. The van der Waals surface area contributed by atoms with Crippen LogP contribution in [0.3, 0.4) is 0 Å². The Bertz CT molecular complexity index is 938. The first-order valence-corrected chi connectivity index (χ1v) is 8.68. The SMILES string of the molecule is CNc1nc(Cl)nc2c1ncn2[C@@H]1O[C@H](COC(C)(C(=O)O)C(=O)O)[C@@H](O)[C@H]1O. The highest BCUT2D eigenvalue weighted by Gasteiger charge is 2.48. The molecule has 1 aliphatic rings. The molecule has 0 amide bonds. The molecule has 2 aromatic heterocycles. The summed E-state index contributed by atoms with van der Waals surface area (Å²) in [6.07, 6.45) is -4.04. The molecule has 158 valence electrons. The Hall–Kier alpha value is -2.58. The molecule has 0 saturated carbocycles. The minimum atomic E-state index is -2.55. The number of nitrogens with zero attached hydrogens (tertiary/aromatic N) is 4. The smallest absolute Gasteiger partial charge is 0.347 e. The summed E-state index contributed by atoms with van der Waals surface area (Å²) in [5.74, 6) is -3.10. The Morgan fingerprint density at radius 3 is 2.55 bits per heavy atom. The summed E-state index contributed by atoms with van der Waals surface area (Å²) in [7, 11) is 1.61. The number of aromatic nitrogens is 4. The van der Waals surface area contributed by atoms with E-state index < -0.39 is 48.7 Å². The number of ether oxygens (including phenoxy) is 2. The molecule has 0 aromatic carbocycles. The van der Waals surface area contributed by atoms with Crippen molar-refractivity contribution in [3.05, 3.63) is 11.6 Å². The number of rotatable bonds is 7. The number of carboxylic acid groups (broad SMARTS) is 2. The van der Waals surface area contributed by atoms with Crippen LogP contribution in [-0.4, -0.2) is 89.5 Å². The van der Waals surface area contributed by atoms with E-state index in [0.29, 0.717) is 11.3 Å². The van der Waals surface area contributed by atoms with Gasteiger partial charge in [0.25, 0.3) is 5.60 Å². The lowest BCUT2D eigenvalue weighted by Gasteiger charge is -2.23. The van der Waals surface area contributed by atoms with Crippen molar-refractivity contribution >= 4 is 40.5 Å². The maximum absolute atomic E-state index is 11.2. The van der Waals surface area contributed by atoms with Gasteiger partial charge >= 0.3 is 11.9 Å². The van der Waals surface area contributed by atoms with Crippen LogP contribution < -0.4 is 5.32 Å². The van der Waals surface area contributed by atoms with Gasteiger partial charge in [-0.3, -0.25) is 4.57 Å². The van der Waals surface area contributed by atoms with E-state index in [1.54, 1.807) is 7.05 Å². The third-order valence-electron chi connectivity index (χ3n) is 4.59. The quantitative estimate of drug-likeness (QED) is 0.268. The second kappa shape index (κ2) is 7.68. The molecule has 3 heterocycles. The zero-order chi connectivity index (χ0) is 21.5. The summed E-state index contributed by atoms with van der Waals surface area (Å²) in [6.45, 7) is 0.252. The molecule has 0 radical (unpaired) electrons. The van der Waals surface area contributed by atoms with E-state index in [1.807, 2.05) is 0 Å². The van der Waals surface area contributed by atoms with Gasteiger partial charge in [0.05, 0.1) is 12.9 Å². The molecule has 3 rings (SSSR count). The average Bonchev–Trinajstić information content (AvgIpc) is 3.20. The molecular formula is C15H18ClN5O8. The monoisotopic (exact) mass is 431 g/mol. The van der Waals surface area contributed by atoms with Gasteiger partial charge in [-0.15, -0.1) is 0 Å². The van der Waals surface area contributed by atoms with Crippen molar-refractivity contribution in [2.24, 2.45) is 0 Å². The number of halogens is 1. The molecule has 4 atom stereocenters. The van der Waals surface area contributed by atoms with Gasteiger partial charge in [0.15, 0.2) is 23.2 Å². The van der Waals surface area contributed by atoms with Crippen LogP contribution in [0.2, 0.25) is 5.28 Å². The van der Waals surface area contributed by atoms with Gasteiger partial charge in [0.2, 0.25) is 5.28 Å². The van der Waals surface area contributed by atoms with Crippen LogP contribution in [-0.2, 0) is 19.1 Å². The number of nitrogens with one attached hydrogen (secondary N) is 1. The number of aliphatic hydroxyl groups excluding tert-OH is 2. The van der Waals surface area contributed by atoms with Crippen molar-refractivity contribution in [2.45, 2.75) is 37.1 Å². The number of aliphatic hydroxyl groups is 2. The van der Waals surface area contributed by atoms with Crippen LogP contribution in [0.4, 0.5) is 5.82 Å². The highest BCUT2D eigenvalue weighted by atomic mass is 35.5. The van der Waals surface area contributed by atoms with Crippen molar-refractivity contribution in [3.8, 4) is 0 Å². The van der Waals surface area contributed by atoms with E-state index in [9.17, 15) is 19.8 Å². The van der Waals surface area contributed by atoms with Crippen LogP contribution in [0, 0.1) is 0 Å². The highest BCUT2D eigenvalue weighted by Crippen LogP contribution is 2.33. The average molecular weight is 432 g/mol. The van der Waals surface area contributed by atoms with Crippen molar-refractivity contribution in [2.75, 3.05) is 19.0 Å². The molecule has 2 aromatic rings. The maximum Gasteiger partial charge on any atom is 0.347 e. The molecule has 0 spiro atoms. The summed E-state index contributed by atoms with van der Waals surface area (Å²) >= 11 is 5.90. The Morgan fingerprint density at radius 2 is 1.97 bits per heavy atom. The van der Waals surface area contributed by atoms with Gasteiger partial charge in [0, 0.05) is 7.05 Å². The lowest BCUT2D eigenvalue weighted by Crippen LogP contribution is -2.48. The summed E-state index contributed by atoms with van der Waals surface area (Å²) < 4.78 is 11.9. The van der Waals surface area contributed by atoms with Gasteiger partial charge in [-0.2, -0.15) is 9.97 Å². The molecule has 1 saturated heterocycles. The molecule has 1 aliphatic heterocycles. The minimum absolute atomic E-state index is 0.0878. The van der Waals surface area contributed by atoms with E-state index in [-0.39, 0.29) is 10.9 Å². The normalized spacial score (nSPS) is 24.7. The minimum Gasteiger partial charge on any atom is -0.479 e. The predicted molar refractivity (Wildman–Crippen MR) is 95.4 cm³/mol. The van der Waals surface area contributed by atoms with E-state index in [1.165, 1.54) is 10.9 Å². The molecule has 14 heteroatoms. The third kappa shape index (κ3) is 3.58. The number of hydrogen-bond acceptors (Lipinski definition) is 10. The predicted octanol–water partition coefficient (Wildman–Crippen LogP) is -0.915. The van der Waals surface area contributed by atoms with Crippen LogP contribution >= 0.6 is 11.6 Å². The number of fused-ring (bicyclic) bond motifs is 1. The topological polar surface area (TPSA) is 189 Å². The van der Waals surface area contributed by atoms with Gasteiger partial charge in [-0.05, 0) is 18.5 Å². The summed E-state index contributed by atoms with van der Waals surface area (Å²) in [4.78, 5) is 34.6. The third-order valence-corrected chi connectivity index (χ3v) is 4.76. The zero-order valence-corrected chi connectivity index (χ0v) is 15.9. The lowest BCUT2D eigenvalue weighted by atomic mass is 10.1. The Balaban J connectivity index is 1.85. The van der Waals surface area contributed by atoms with Crippen LogP contribution in [0.15, 0.2) is 6.33 Å². The van der Waals surface area contributed by atoms with E-state index >= 15 is 0 Å². The Kier molecular flexibility index (Phi) is 5.60. The Labute approximate surface area is 167 Å². The number of hydrogen-bond donors (Lipinski definition) is 5. The van der Waals surface area contributed by atoms with Crippen LogP contribution in [0.25, 0.3) is 11.2 Å². The lowest BCUT2D eigenvalue weighted by molar-refractivity contribution is -0.187. The second-order valence-electron chi connectivity index (χ2n) is 6.42. The number of carbonyl (C=O) groups is 2. The molecule has 0 unspecified atom stereocenters. The molecular weight excluding hydrogens is 414 g/mol. The molecule has 1 fully saturated rings. The van der Waals surface area contributed by atoms with Crippen LogP contribution in [0.5, 0.6) is 0 Å². The molecule has 29 heavy (non-hydrogen) atoms. The summed E-state index contributed by atoms with van der Waals surface area (Å²) in [5.41, 5.74) is -1.99. The zero-order valence-electron chi connectivity index (χ0n) is 15.2. The van der Waals surface area contributed by atoms with Gasteiger partial charge < -0.3 is 35.2 Å². The number of imidazole rings is 1. The van der Waals surface area contributed by atoms with Gasteiger partial charge in [0.1, 0.15) is 18.3 Å². The fourth-order valence-corrected chi connectivity index (χ4v) is 2.98. The fourth-order valence-electron chi connectivity index (χ4n) is 2.81. The summed E-state index contributed by atoms with van der Waals surface area (Å²) in [5, 5.41) is 41.6. The molecule has 5 N–H and O–H groups in total. The van der Waals surface area contributed by atoms with Gasteiger partial charge in [-0.1, -0.05) is 0 Å². The number of anilines is 1. The summed E-state index contributed by atoms with van der Waals surface area (Å²) in [6, 6.07) is 0. The highest BCUT2D eigenvalue weighted by molar-refractivity contribution is 6.28. The fraction of sp³-hybridized carbons (Fsp3) is 0.533. The van der Waals surface area contributed by atoms with E-state index in [0.717, 1.165) is 6.92 Å². The second-order valence-corrected chi connectivity index (χ2v) is 6.75. The van der Waals surface area contributed by atoms with Crippen LogP contribution in [0.1, 0.15) is 13.2 Å². The number of aliphatic carboxylic acids is 2. The first kappa shape index (κ1) is 21.1. The van der Waals surface area contributed by atoms with Crippen molar-refractivity contribution in [1.29, 1.82) is 0 Å². The van der Waals surface area contributed by atoms with Crippen molar-refractivity contribution in [1.82, 2.24) is 19.5 Å². The molecule has 0 aliphatic carbocycles. The largest absolute Gasteiger partial charge is 0.479 e. The Morgan fingerprint density at radius 1 is 1.31 bits per heavy atom. The first-order chi connectivity index (χ1) is 13.6. The van der Waals surface area contributed by atoms with E-state index in [2.05, 4.69) is 20.3 Å². The maximum atomic E-state index is 11.2.